The highest BCUT2D eigenvalue weighted by atomic mass is 32.2. The van der Waals surface area contributed by atoms with Crippen LogP contribution in [0.2, 0.25) is 0 Å². The van der Waals surface area contributed by atoms with Crippen LogP contribution in [-0.2, 0) is 5.41 Å². The number of hydrogen-bond acceptors (Lipinski definition) is 2. The number of nitrogens with zero attached hydrogens (tertiary/aromatic N) is 2. The molecule has 2 aliphatic heterocycles. The molecule has 0 atom stereocenters. The van der Waals surface area contributed by atoms with Gasteiger partial charge < -0.3 is 9.47 Å². The van der Waals surface area contributed by atoms with Crippen molar-refractivity contribution in [2.24, 2.45) is 0 Å². The van der Waals surface area contributed by atoms with Crippen molar-refractivity contribution in [3.05, 3.63) is 247 Å². The quantitative estimate of drug-likeness (QED) is 0.161. The minimum Gasteiger partial charge on any atom is -0.310 e. The van der Waals surface area contributed by atoms with Crippen LogP contribution in [0.25, 0.3) is 27.5 Å². The van der Waals surface area contributed by atoms with Crippen LogP contribution in [0.3, 0.4) is 0 Å². The van der Waals surface area contributed by atoms with Gasteiger partial charge in [0.2, 0.25) is 0 Å². The maximum absolute atomic E-state index is 2.53. The number of hydrogen-bond donors (Lipinski definition) is 0. The summed E-state index contributed by atoms with van der Waals surface area (Å²) in [7, 11) is -0.722. The highest BCUT2D eigenvalue weighted by Gasteiger charge is 2.51. The molecule has 0 unspecified atom stereocenters. The van der Waals surface area contributed by atoms with Crippen molar-refractivity contribution in [1.29, 1.82) is 0 Å². The van der Waals surface area contributed by atoms with Gasteiger partial charge in [0.25, 0.3) is 0 Å². The molecule has 0 aliphatic carbocycles. The molecule has 1 aromatic heterocycles. The lowest BCUT2D eigenvalue weighted by molar-refractivity contribution is 0.694. The molecule has 0 radical (unpaired) electrons. The molecule has 9 aromatic carbocycles. The Hall–Kier alpha value is -6.64. The zero-order chi connectivity index (χ0) is 38.9. The Labute approximate surface area is 349 Å². The predicted octanol–water partition coefficient (Wildman–Crippen LogP) is 13.2. The van der Waals surface area contributed by atoms with Gasteiger partial charge in [-0.15, -0.1) is 0 Å². The standard InChI is InChI=1S/C55H37N2PS/c1-4-18-38(19-5-1)56-50-29-15-11-25-45(50)55(46-26-12-16-30-51(46)56)47-27-13-17-31-52(47)59-54-48(55)37-36-44-43-24-10-14-28-49(43)57(53(44)54)39-32-34-42(35-33-39)58(40-20-6-2-7-21-40)41-22-8-3-9-23-41/h1-37H. The van der Waals surface area contributed by atoms with Gasteiger partial charge in [-0.2, -0.15) is 0 Å². The molecule has 0 saturated heterocycles. The predicted molar refractivity (Wildman–Crippen MR) is 250 cm³/mol. The fourth-order valence-electron chi connectivity index (χ4n) is 9.85. The van der Waals surface area contributed by atoms with E-state index in [2.05, 4.69) is 234 Å². The van der Waals surface area contributed by atoms with E-state index in [4.69, 9.17) is 0 Å². The summed E-state index contributed by atoms with van der Waals surface area (Å²) in [6.07, 6.45) is 0. The Bertz CT molecular complexity index is 3110. The van der Waals surface area contributed by atoms with Crippen LogP contribution in [0.1, 0.15) is 22.3 Å². The Morgan fingerprint density at radius 2 is 0.898 bits per heavy atom. The number of para-hydroxylation sites is 4. The molecule has 0 N–H and O–H groups in total. The second-order valence-corrected chi connectivity index (χ2v) is 18.5. The summed E-state index contributed by atoms with van der Waals surface area (Å²) in [4.78, 5) is 5.04. The maximum atomic E-state index is 2.53. The zero-order valence-electron chi connectivity index (χ0n) is 32.1. The molecule has 10 aromatic rings. The first kappa shape index (κ1) is 34.4. The van der Waals surface area contributed by atoms with E-state index in [0.29, 0.717) is 0 Å². The van der Waals surface area contributed by atoms with E-state index in [1.807, 2.05) is 11.8 Å². The Balaban J connectivity index is 1.13. The lowest BCUT2D eigenvalue weighted by Gasteiger charge is -2.49. The molecule has 12 rings (SSSR count). The van der Waals surface area contributed by atoms with E-state index in [-0.39, 0.29) is 0 Å². The summed E-state index contributed by atoms with van der Waals surface area (Å²) in [5.41, 5.74) is 11.9. The van der Waals surface area contributed by atoms with E-state index >= 15 is 0 Å². The molecule has 1 spiro atoms. The summed E-state index contributed by atoms with van der Waals surface area (Å²) in [5, 5.41) is 6.57. The van der Waals surface area contributed by atoms with Crippen LogP contribution in [0.5, 0.6) is 0 Å². The fraction of sp³-hybridized carbons (Fsp3) is 0.0182. The van der Waals surface area contributed by atoms with Gasteiger partial charge >= 0.3 is 0 Å². The molecular formula is C55H37N2PS. The number of anilines is 3. The van der Waals surface area contributed by atoms with Crippen LogP contribution in [-0.4, -0.2) is 4.57 Å². The van der Waals surface area contributed by atoms with Gasteiger partial charge in [0.1, 0.15) is 0 Å². The first-order chi connectivity index (χ1) is 29.3. The van der Waals surface area contributed by atoms with Crippen LogP contribution in [0.15, 0.2) is 234 Å². The first-order valence-corrected chi connectivity index (χ1v) is 22.4. The van der Waals surface area contributed by atoms with Crippen molar-refractivity contribution in [3.63, 3.8) is 0 Å². The van der Waals surface area contributed by atoms with Gasteiger partial charge in [-0.25, -0.2) is 0 Å². The third-order valence-corrected chi connectivity index (χ3v) is 15.8. The van der Waals surface area contributed by atoms with Crippen molar-refractivity contribution in [2.75, 3.05) is 4.90 Å². The highest BCUT2D eigenvalue weighted by Crippen LogP contribution is 2.64. The topological polar surface area (TPSA) is 8.17 Å². The molecule has 3 heterocycles. The third-order valence-electron chi connectivity index (χ3n) is 12.2. The van der Waals surface area contributed by atoms with Crippen LogP contribution < -0.4 is 20.8 Å². The molecule has 0 bridgehead atoms. The van der Waals surface area contributed by atoms with Crippen molar-refractivity contribution in [1.82, 2.24) is 4.57 Å². The smallest absolute Gasteiger partial charge is 0.0764 e. The minimum absolute atomic E-state index is 0.559. The minimum atomic E-state index is -0.722. The van der Waals surface area contributed by atoms with Gasteiger partial charge in [0, 0.05) is 31.9 Å². The molecule has 0 amide bonds. The second-order valence-electron chi connectivity index (χ2n) is 15.3. The van der Waals surface area contributed by atoms with E-state index < -0.39 is 13.3 Å². The summed E-state index contributed by atoms with van der Waals surface area (Å²) in [5.74, 6) is 0. The van der Waals surface area contributed by atoms with E-state index in [0.717, 1.165) is 11.4 Å². The average molecular weight is 789 g/mol. The van der Waals surface area contributed by atoms with Crippen molar-refractivity contribution < 1.29 is 0 Å². The van der Waals surface area contributed by atoms with Crippen molar-refractivity contribution >= 4 is 74.5 Å². The number of benzene rings is 9. The Morgan fingerprint density at radius 3 is 1.56 bits per heavy atom. The van der Waals surface area contributed by atoms with Crippen molar-refractivity contribution in [2.45, 2.75) is 15.2 Å². The van der Waals surface area contributed by atoms with Gasteiger partial charge in [-0.05, 0) is 94.6 Å². The number of fused-ring (bicyclic) bond motifs is 12. The molecule has 278 valence electrons. The highest BCUT2D eigenvalue weighted by molar-refractivity contribution is 7.99. The van der Waals surface area contributed by atoms with Crippen LogP contribution >= 0.6 is 19.7 Å². The third kappa shape index (κ3) is 5.12. The molecule has 0 fully saturated rings. The molecular weight excluding hydrogens is 752 g/mol. The summed E-state index contributed by atoms with van der Waals surface area (Å²) in [6.45, 7) is 0. The second kappa shape index (κ2) is 13.7. The lowest BCUT2D eigenvalue weighted by Crippen LogP contribution is -2.39. The van der Waals surface area contributed by atoms with E-state index in [1.54, 1.807) is 0 Å². The molecule has 0 saturated carbocycles. The van der Waals surface area contributed by atoms with Gasteiger partial charge in [-0.1, -0.05) is 188 Å². The monoisotopic (exact) mass is 788 g/mol. The van der Waals surface area contributed by atoms with Gasteiger partial charge in [0.15, 0.2) is 0 Å². The van der Waals surface area contributed by atoms with Crippen LogP contribution in [0, 0.1) is 0 Å². The molecule has 2 nitrogen and oxygen atoms in total. The zero-order valence-corrected chi connectivity index (χ0v) is 33.8. The van der Waals surface area contributed by atoms with Crippen LogP contribution in [0.4, 0.5) is 17.1 Å². The SMILES string of the molecule is c1ccc(N2c3ccccc3C3(c4ccccc4Sc4c3ccc3c5ccccc5n(-c5ccc(P(c6ccccc6)c6ccccc6)cc5)c43)c3ccccc32)cc1. The molecule has 59 heavy (non-hydrogen) atoms. The number of rotatable bonds is 5. The summed E-state index contributed by atoms with van der Waals surface area (Å²) >= 11 is 1.92. The van der Waals surface area contributed by atoms with E-state index in [9.17, 15) is 0 Å². The fourth-order valence-corrected chi connectivity index (χ4v) is 13.5. The number of aromatic nitrogens is 1. The molecule has 4 heteroatoms. The van der Waals surface area contributed by atoms with Gasteiger partial charge in [0.05, 0.1) is 27.8 Å². The molecule has 2 aliphatic rings. The summed E-state index contributed by atoms with van der Waals surface area (Å²) in [6, 6.07) is 83.3. The summed E-state index contributed by atoms with van der Waals surface area (Å²) < 4.78 is 2.53. The Morgan fingerprint density at radius 1 is 0.373 bits per heavy atom. The lowest BCUT2D eigenvalue weighted by atomic mass is 9.62. The van der Waals surface area contributed by atoms with Gasteiger partial charge in [-0.3, -0.25) is 0 Å². The normalized spacial score (nSPS) is 13.6. The first-order valence-electron chi connectivity index (χ1n) is 20.2. The Kier molecular flexibility index (Phi) is 8.01. The average Bonchev–Trinajstić information content (AvgIpc) is 3.65. The van der Waals surface area contributed by atoms with Crippen molar-refractivity contribution in [3.8, 4) is 5.69 Å². The van der Waals surface area contributed by atoms with E-state index in [1.165, 1.54) is 81.1 Å². The largest absolute Gasteiger partial charge is 0.310 e. The maximum Gasteiger partial charge on any atom is 0.0764 e.